The standard InChI is InChI=1S/C14H20BrNO2S2/c1-9-5-11(3-4-17)14(8-18-9,6-10(2)19)13-16-12(15)7-20-13/h7,9,11,17H,3-6,8H2,1-2H3/t9-,11+,14+/m0/s1. The fraction of sp³-hybridized carbons (Fsp3) is 0.714. The molecule has 0 aliphatic carbocycles. The summed E-state index contributed by atoms with van der Waals surface area (Å²) in [5.41, 5.74) is -0.183. The zero-order valence-electron chi connectivity index (χ0n) is 11.8. The van der Waals surface area contributed by atoms with Gasteiger partial charge in [0.1, 0.15) is 9.61 Å². The molecule has 1 aromatic rings. The van der Waals surface area contributed by atoms with Gasteiger partial charge in [-0.15, -0.1) is 11.3 Å². The third-order valence-electron chi connectivity index (χ3n) is 3.97. The molecule has 1 N–H and O–H groups in total. The van der Waals surface area contributed by atoms with Crippen LogP contribution >= 0.6 is 39.5 Å². The van der Waals surface area contributed by atoms with Crippen LogP contribution in [0.2, 0.25) is 0 Å². The topological polar surface area (TPSA) is 42.4 Å². The molecular formula is C14H20BrNO2S2. The zero-order valence-corrected chi connectivity index (χ0v) is 15.0. The van der Waals surface area contributed by atoms with Crippen LogP contribution in [0.15, 0.2) is 9.98 Å². The van der Waals surface area contributed by atoms with Crippen molar-refractivity contribution in [1.29, 1.82) is 0 Å². The molecule has 0 bridgehead atoms. The van der Waals surface area contributed by atoms with Crippen LogP contribution in [-0.4, -0.2) is 34.3 Å². The normalized spacial score (nSPS) is 30.4. The van der Waals surface area contributed by atoms with Crippen LogP contribution in [0.3, 0.4) is 0 Å². The molecule has 0 radical (unpaired) electrons. The number of aliphatic hydroxyl groups is 1. The molecule has 6 heteroatoms. The second-order valence-corrected chi connectivity index (χ2v) is 7.94. The quantitative estimate of drug-likeness (QED) is 0.793. The number of nitrogens with zero attached hydrogens (tertiary/aromatic N) is 1. The highest BCUT2D eigenvalue weighted by molar-refractivity contribution is 9.10. The summed E-state index contributed by atoms with van der Waals surface area (Å²) >= 11 is 10.5. The highest BCUT2D eigenvalue weighted by Crippen LogP contribution is 2.46. The molecule has 0 aromatic carbocycles. The van der Waals surface area contributed by atoms with Crippen molar-refractivity contribution in [2.45, 2.75) is 44.6 Å². The van der Waals surface area contributed by atoms with Gasteiger partial charge in [0.15, 0.2) is 0 Å². The Morgan fingerprint density at radius 2 is 2.45 bits per heavy atom. The number of aliphatic hydroxyl groups excluding tert-OH is 1. The Bertz CT molecular complexity index is 479. The number of hydrogen-bond acceptors (Lipinski definition) is 5. The van der Waals surface area contributed by atoms with Gasteiger partial charge in [0.25, 0.3) is 0 Å². The molecule has 1 aliphatic rings. The smallest absolute Gasteiger partial charge is 0.117 e. The molecule has 20 heavy (non-hydrogen) atoms. The number of hydrogen-bond donors (Lipinski definition) is 1. The highest BCUT2D eigenvalue weighted by Gasteiger charge is 2.46. The maximum absolute atomic E-state index is 9.42. The van der Waals surface area contributed by atoms with E-state index in [0.717, 1.165) is 33.7 Å². The molecule has 2 heterocycles. The van der Waals surface area contributed by atoms with Gasteiger partial charge in [0.05, 0.1) is 18.1 Å². The predicted octanol–water partition coefficient (Wildman–Crippen LogP) is 3.73. The number of thiocarbonyl (C=S) groups is 1. The third-order valence-corrected chi connectivity index (χ3v) is 5.88. The third kappa shape index (κ3) is 3.47. The van der Waals surface area contributed by atoms with Crippen LogP contribution in [0.1, 0.15) is 38.1 Å². The van der Waals surface area contributed by atoms with E-state index in [9.17, 15) is 5.11 Å². The Morgan fingerprint density at radius 1 is 1.70 bits per heavy atom. The van der Waals surface area contributed by atoms with Crippen molar-refractivity contribution in [2.75, 3.05) is 13.2 Å². The van der Waals surface area contributed by atoms with Crippen molar-refractivity contribution in [1.82, 2.24) is 4.98 Å². The summed E-state index contributed by atoms with van der Waals surface area (Å²) in [6.45, 7) is 4.90. The van der Waals surface area contributed by atoms with E-state index in [1.807, 2.05) is 12.3 Å². The Balaban J connectivity index is 2.40. The number of halogens is 1. The molecule has 0 amide bonds. The minimum atomic E-state index is -0.183. The average Bonchev–Trinajstić information content (AvgIpc) is 2.80. The molecule has 1 fully saturated rings. The summed E-state index contributed by atoms with van der Waals surface area (Å²) in [7, 11) is 0. The molecule has 0 unspecified atom stereocenters. The van der Waals surface area contributed by atoms with E-state index in [1.54, 1.807) is 11.3 Å². The molecule has 112 valence electrons. The molecule has 3 atom stereocenters. The molecule has 1 saturated heterocycles. The monoisotopic (exact) mass is 377 g/mol. The van der Waals surface area contributed by atoms with Crippen molar-refractivity contribution in [3.8, 4) is 0 Å². The lowest BCUT2D eigenvalue weighted by Gasteiger charge is -2.44. The Kier molecular flexibility index (Phi) is 5.71. The van der Waals surface area contributed by atoms with Gasteiger partial charge in [-0.2, -0.15) is 0 Å². The van der Waals surface area contributed by atoms with Gasteiger partial charge in [-0.3, -0.25) is 0 Å². The zero-order chi connectivity index (χ0) is 14.8. The molecule has 1 aliphatic heterocycles. The summed E-state index contributed by atoms with van der Waals surface area (Å²) in [5.74, 6) is 0.354. The Morgan fingerprint density at radius 3 is 3.00 bits per heavy atom. The van der Waals surface area contributed by atoms with Gasteiger partial charge in [-0.25, -0.2) is 4.98 Å². The first-order valence-corrected chi connectivity index (χ1v) is 8.89. The lowest BCUT2D eigenvalue weighted by molar-refractivity contribution is -0.0583. The van der Waals surface area contributed by atoms with Crippen molar-refractivity contribution >= 4 is 44.3 Å². The number of thiazole rings is 1. The van der Waals surface area contributed by atoms with E-state index in [4.69, 9.17) is 17.0 Å². The summed E-state index contributed by atoms with van der Waals surface area (Å²) in [6, 6.07) is 0. The number of ether oxygens (including phenoxy) is 1. The largest absolute Gasteiger partial charge is 0.396 e. The van der Waals surface area contributed by atoms with Gasteiger partial charge in [0, 0.05) is 12.0 Å². The van der Waals surface area contributed by atoms with E-state index >= 15 is 0 Å². The number of aromatic nitrogens is 1. The van der Waals surface area contributed by atoms with Gasteiger partial charge in [-0.05, 0) is 59.8 Å². The van der Waals surface area contributed by atoms with E-state index in [-0.39, 0.29) is 18.1 Å². The van der Waals surface area contributed by atoms with Crippen molar-refractivity contribution < 1.29 is 9.84 Å². The van der Waals surface area contributed by atoms with Crippen LogP contribution in [0.4, 0.5) is 0 Å². The lowest BCUT2D eigenvalue weighted by atomic mass is 9.68. The van der Waals surface area contributed by atoms with E-state index in [1.165, 1.54) is 0 Å². The molecule has 0 saturated carbocycles. The average molecular weight is 378 g/mol. The molecule has 2 rings (SSSR count). The highest BCUT2D eigenvalue weighted by atomic mass is 79.9. The lowest BCUT2D eigenvalue weighted by Crippen LogP contribution is -2.47. The predicted molar refractivity (Wildman–Crippen MR) is 89.6 cm³/mol. The molecule has 1 aromatic heterocycles. The van der Waals surface area contributed by atoms with Crippen molar-refractivity contribution in [2.24, 2.45) is 5.92 Å². The van der Waals surface area contributed by atoms with Gasteiger partial charge in [-0.1, -0.05) is 12.2 Å². The Labute approximate surface area is 137 Å². The Hall–Kier alpha value is 0.120. The van der Waals surface area contributed by atoms with Gasteiger partial charge in [0.2, 0.25) is 0 Å². The summed E-state index contributed by atoms with van der Waals surface area (Å²) < 4.78 is 6.81. The van der Waals surface area contributed by atoms with E-state index in [0.29, 0.717) is 12.5 Å². The van der Waals surface area contributed by atoms with Crippen LogP contribution in [-0.2, 0) is 10.2 Å². The van der Waals surface area contributed by atoms with Crippen molar-refractivity contribution in [3.05, 3.63) is 15.0 Å². The van der Waals surface area contributed by atoms with E-state index in [2.05, 4.69) is 27.8 Å². The minimum absolute atomic E-state index is 0.183. The maximum atomic E-state index is 9.42. The second kappa shape index (κ2) is 6.92. The van der Waals surface area contributed by atoms with Crippen LogP contribution in [0.25, 0.3) is 0 Å². The fourth-order valence-corrected chi connectivity index (χ4v) is 4.87. The SMILES string of the molecule is CC(=S)C[C@@]1(c2nc(Br)cs2)CO[C@@H](C)C[C@H]1CCO. The summed E-state index contributed by atoms with van der Waals surface area (Å²) in [5, 5.41) is 12.5. The fourth-order valence-electron chi connectivity index (χ4n) is 3.09. The van der Waals surface area contributed by atoms with Crippen molar-refractivity contribution in [3.63, 3.8) is 0 Å². The van der Waals surface area contributed by atoms with Gasteiger partial charge < -0.3 is 9.84 Å². The van der Waals surface area contributed by atoms with Crippen LogP contribution in [0.5, 0.6) is 0 Å². The van der Waals surface area contributed by atoms with E-state index < -0.39 is 0 Å². The summed E-state index contributed by atoms with van der Waals surface area (Å²) in [4.78, 5) is 5.60. The van der Waals surface area contributed by atoms with Gasteiger partial charge >= 0.3 is 0 Å². The maximum Gasteiger partial charge on any atom is 0.117 e. The van der Waals surface area contributed by atoms with Crippen LogP contribution < -0.4 is 0 Å². The first kappa shape index (κ1) is 16.5. The first-order valence-electron chi connectivity index (χ1n) is 6.81. The summed E-state index contributed by atoms with van der Waals surface area (Å²) in [6.07, 6.45) is 2.74. The van der Waals surface area contributed by atoms with Crippen LogP contribution in [0, 0.1) is 5.92 Å². The first-order chi connectivity index (χ1) is 9.48. The molecular weight excluding hydrogens is 358 g/mol. The molecule has 3 nitrogen and oxygen atoms in total. The minimum Gasteiger partial charge on any atom is -0.396 e. The molecule has 0 spiro atoms. The number of rotatable bonds is 5. The second-order valence-electron chi connectivity index (χ2n) is 5.58.